The van der Waals surface area contributed by atoms with Gasteiger partial charge in [0.15, 0.2) is 0 Å². The highest BCUT2D eigenvalue weighted by molar-refractivity contribution is 9.09. The number of alkyl halides is 1. The van der Waals surface area contributed by atoms with Gasteiger partial charge in [0.05, 0.1) is 0 Å². The highest BCUT2D eigenvalue weighted by atomic mass is 79.9. The van der Waals surface area contributed by atoms with Crippen LogP contribution in [0.2, 0.25) is 0 Å². The van der Waals surface area contributed by atoms with Gasteiger partial charge in [0.2, 0.25) is 5.91 Å². The Kier molecular flexibility index (Phi) is 5.19. The lowest BCUT2D eigenvalue weighted by Gasteiger charge is -2.34. The van der Waals surface area contributed by atoms with E-state index in [1.54, 1.807) is 0 Å². The fraction of sp³-hybridized carbons (Fsp3) is 0.562. The third kappa shape index (κ3) is 5.77. The molecule has 0 saturated heterocycles. The van der Waals surface area contributed by atoms with Crippen molar-refractivity contribution in [1.82, 2.24) is 5.32 Å². The van der Waals surface area contributed by atoms with Gasteiger partial charge in [-0.15, -0.1) is 0 Å². The topological polar surface area (TPSA) is 29.1 Å². The fourth-order valence-electron chi connectivity index (χ4n) is 2.54. The van der Waals surface area contributed by atoms with Crippen LogP contribution in [0.1, 0.15) is 51.4 Å². The summed E-state index contributed by atoms with van der Waals surface area (Å²) in [5, 5.41) is 3.13. The maximum atomic E-state index is 12.3. The number of benzene rings is 1. The van der Waals surface area contributed by atoms with Crippen molar-refractivity contribution in [3.8, 4) is 0 Å². The van der Waals surface area contributed by atoms with Gasteiger partial charge < -0.3 is 5.32 Å². The highest BCUT2D eigenvalue weighted by Gasteiger charge is 2.29. The second kappa shape index (κ2) is 6.08. The summed E-state index contributed by atoms with van der Waals surface area (Å²) in [4.78, 5) is 12.0. The van der Waals surface area contributed by atoms with Gasteiger partial charge in [0.1, 0.15) is 4.83 Å². The van der Waals surface area contributed by atoms with Crippen molar-refractivity contribution in [3.05, 3.63) is 35.9 Å². The molecule has 19 heavy (non-hydrogen) atoms. The molecule has 0 aliphatic carbocycles. The number of carbonyl (C=O) groups excluding carboxylic acids is 1. The minimum absolute atomic E-state index is 0.0143. The van der Waals surface area contributed by atoms with Gasteiger partial charge in [0.25, 0.3) is 0 Å². The van der Waals surface area contributed by atoms with E-state index in [4.69, 9.17) is 0 Å². The normalized spacial score (nSPS) is 14.0. The Balaban J connectivity index is 2.69. The summed E-state index contributed by atoms with van der Waals surface area (Å²) in [5.74, 6) is 0.0143. The molecule has 1 N–H and O–H groups in total. The lowest BCUT2D eigenvalue weighted by Crippen LogP contribution is -2.46. The number of hydrogen-bond donors (Lipinski definition) is 1. The van der Waals surface area contributed by atoms with E-state index in [9.17, 15) is 4.79 Å². The average molecular weight is 326 g/mol. The van der Waals surface area contributed by atoms with Crippen LogP contribution >= 0.6 is 15.9 Å². The Morgan fingerprint density at radius 2 is 1.68 bits per heavy atom. The van der Waals surface area contributed by atoms with Gasteiger partial charge in [-0.1, -0.05) is 67.0 Å². The van der Waals surface area contributed by atoms with Gasteiger partial charge in [-0.25, -0.2) is 0 Å². The van der Waals surface area contributed by atoms with E-state index in [0.717, 1.165) is 12.0 Å². The Hall–Kier alpha value is -0.830. The zero-order chi connectivity index (χ0) is 14.7. The van der Waals surface area contributed by atoms with Crippen molar-refractivity contribution in [3.63, 3.8) is 0 Å². The molecule has 2 nitrogen and oxygen atoms in total. The summed E-state index contributed by atoms with van der Waals surface area (Å²) < 4.78 is 0. The van der Waals surface area contributed by atoms with Crippen LogP contribution in [0, 0.1) is 5.41 Å². The second-order valence-corrected chi connectivity index (χ2v) is 7.80. The van der Waals surface area contributed by atoms with E-state index in [1.807, 2.05) is 30.3 Å². The third-order valence-electron chi connectivity index (χ3n) is 2.76. The van der Waals surface area contributed by atoms with Crippen molar-refractivity contribution in [1.29, 1.82) is 0 Å². The number of halogens is 1. The van der Waals surface area contributed by atoms with Crippen LogP contribution in [0.4, 0.5) is 0 Å². The zero-order valence-electron chi connectivity index (χ0n) is 12.5. The maximum absolute atomic E-state index is 12.3. The molecule has 0 radical (unpaired) electrons. The van der Waals surface area contributed by atoms with E-state index in [-0.39, 0.29) is 21.7 Å². The van der Waals surface area contributed by atoms with Crippen molar-refractivity contribution < 1.29 is 4.79 Å². The maximum Gasteiger partial charge on any atom is 0.238 e. The van der Waals surface area contributed by atoms with E-state index >= 15 is 0 Å². The zero-order valence-corrected chi connectivity index (χ0v) is 14.0. The molecule has 0 aromatic heterocycles. The first-order valence-corrected chi connectivity index (χ1v) is 7.53. The highest BCUT2D eigenvalue weighted by Crippen LogP contribution is 2.29. The minimum Gasteiger partial charge on any atom is -0.350 e. The van der Waals surface area contributed by atoms with Crippen molar-refractivity contribution >= 4 is 21.8 Å². The first kappa shape index (κ1) is 16.2. The van der Waals surface area contributed by atoms with E-state index in [2.05, 4.69) is 55.9 Å². The Bertz CT molecular complexity index is 420. The molecule has 1 aromatic carbocycles. The minimum atomic E-state index is -0.298. The van der Waals surface area contributed by atoms with Crippen LogP contribution in [0.25, 0.3) is 0 Å². The molecular weight excluding hydrogens is 302 g/mol. The summed E-state index contributed by atoms with van der Waals surface area (Å²) in [5.41, 5.74) is 0.952. The summed E-state index contributed by atoms with van der Waals surface area (Å²) in [7, 11) is 0. The van der Waals surface area contributed by atoms with Gasteiger partial charge in [0, 0.05) is 5.54 Å². The molecule has 0 fully saturated rings. The fourth-order valence-corrected chi connectivity index (χ4v) is 2.96. The summed E-state index contributed by atoms with van der Waals surface area (Å²) >= 11 is 3.47. The molecule has 0 aliphatic heterocycles. The predicted molar refractivity (Wildman–Crippen MR) is 84.4 cm³/mol. The Labute approximate surface area is 125 Å². The summed E-state index contributed by atoms with van der Waals surface area (Å²) in [6, 6.07) is 9.74. The molecule has 0 aliphatic rings. The molecule has 0 saturated carbocycles. The molecule has 0 spiro atoms. The van der Waals surface area contributed by atoms with E-state index < -0.39 is 0 Å². The van der Waals surface area contributed by atoms with E-state index in [0.29, 0.717) is 0 Å². The monoisotopic (exact) mass is 325 g/mol. The second-order valence-electron chi connectivity index (χ2n) is 6.88. The molecule has 1 rings (SSSR count). The number of carbonyl (C=O) groups is 1. The molecule has 106 valence electrons. The van der Waals surface area contributed by atoms with Gasteiger partial charge in [-0.05, 0) is 31.2 Å². The lowest BCUT2D eigenvalue weighted by atomic mass is 9.81. The predicted octanol–water partition coefficient (Wildman–Crippen LogP) is 4.45. The first-order valence-electron chi connectivity index (χ1n) is 6.62. The van der Waals surface area contributed by atoms with Crippen LogP contribution in [0.3, 0.4) is 0 Å². The van der Waals surface area contributed by atoms with Crippen molar-refractivity contribution in [2.24, 2.45) is 5.41 Å². The van der Waals surface area contributed by atoms with Gasteiger partial charge in [-0.2, -0.15) is 0 Å². The summed E-state index contributed by atoms with van der Waals surface area (Å²) in [6.45, 7) is 10.7. The lowest BCUT2D eigenvalue weighted by molar-refractivity contribution is -0.122. The molecule has 1 aromatic rings. The third-order valence-corrected chi connectivity index (χ3v) is 3.70. The molecule has 3 heteroatoms. The number of nitrogens with one attached hydrogen (secondary N) is 1. The molecule has 1 amide bonds. The molecule has 0 heterocycles. The standard InChI is InChI=1S/C16H24BrNO/c1-15(2,3)11-16(4,5)18-14(19)13(17)12-9-7-6-8-10-12/h6-10,13H,11H2,1-5H3,(H,18,19)/t13-/m0/s1. The van der Waals surface area contributed by atoms with Crippen LogP contribution in [0.15, 0.2) is 30.3 Å². The molecule has 1 atom stereocenters. The largest absolute Gasteiger partial charge is 0.350 e. The average Bonchev–Trinajstić information content (AvgIpc) is 2.25. The Morgan fingerprint density at radius 1 is 1.16 bits per heavy atom. The molecule has 0 unspecified atom stereocenters. The molecular formula is C16H24BrNO. The SMILES string of the molecule is CC(C)(C)CC(C)(C)NC(=O)[C@@H](Br)c1ccccc1. The van der Waals surface area contributed by atoms with Crippen molar-refractivity contribution in [2.45, 2.75) is 51.4 Å². The Morgan fingerprint density at radius 3 is 2.16 bits per heavy atom. The smallest absolute Gasteiger partial charge is 0.238 e. The number of amides is 1. The summed E-state index contributed by atoms with van der Waals surface area (Å²) in [6.07, 6.45) is 0.931. The molecule has 0 bridgehead atoms. The van der Waals surface area contributed by atoms with Crippen LogP contribution < -0.4 is 5.32 Å². The van der Waals surface area contributed by atoms with Gasteiger partial charge in [-0.3, -0.25) is 4.79 Å². The number of hydrogen-bond acceptors (Lipinski definition) is 1. The van der Waals surface area contributed by atoms with Crippen LogP contribution in [0.5, 0.6) is 0 Å². The van der Waals surface area contributed by atoms with Crippen LogP contribution in [-0.2, 0) is 4.79 Å². The van der Waals surface area contributed by atoms with Crippen LogP contribution in [-0.4, -0.2) is 11.4 Å². The number of rotatable bonds is 4. The van der Waals surface area contributed by atoms with E-state index in [1.165, 1.54) is 0 Å². The van der Waals surface area contributed by atoms with Crippen molar-refractivity contribution in [2.75, 3.05) is 0 Å². The first-order chi connectivity index (χ1) is 8.61. The quantitative estimate of drug-likeness (QED) is 0.814. The van der Waals surface area contributed by atoms with Gasteiger partial charge >= 0.3 is 0 Å².